The lowest BCUT2D eigenvalue weighted by atomic mass is 10.0. The Balaban J connectivity index is 2.48. The van der Waals surface area contributed by atoms with Gasteiger partial charge in [0.15, 0.2) is 0 Å². The first-order valence-corrected chi connectivity index (χ1v) is 6.72. The number of hydrogen-bond acceptors (Lipinski definition) is 2. The van der Waals surface area contributed by atoms with Gasteiger partial charge in [-0.1, -0.05) is 37.6 Å². The quantitative estimate of drug-likeness (QED) is 0.781. The molecule has 0 heterocycles. The normalized spacial score (nSPS) is 14.6. The summed E-state index contributed by atoms with van der Waals surface area (Å²) in [5.74, 6) is 0. The van der Waals surface area contributed by atoms with Crippen LogP contribution in [0.15, 0.2) is 24.3 Å². The van der Waals surface area contributed by atoms with Crippen LogP contribution in [0.4, 0.5) is 0 Å². The van der Waals surface area contributed by atoms with Gasteiger partial charge >= 0.3 is 0 Å². The minimum absolute atomic E-state index is 0.195. The molecule has 3 heteroatoms. The van der Waals surface area contributed by atoms with E-state index in [1.807, 2.05) is 25.1 Å². The second kappa shape index (κ2) is 7.70. The summed E-state index contributed by atoms with van der Waals surface area (Å²) in [6.45, 7) is 4.98. The standard InChI is InChI=1S/C14H22ClNO/c1-3-13(17)8-9-16-14(4-2)11-6-5-7-12(15)10-11/h5-7,10,13-14,16-17H,3-4,8-9H2,1-2H3. The minimum Gasteiger partial charge on any atom is -0.393 e. The average Bonchev–Trinajstić information content (AvgIpc) is 2.34. The van der Waals surface area contributed by atoms with E-state index in [1.165, 1.54) is 5.56 Å². The summed E-state index contributed by atoms with van der Waals surface area (Å²) in [4.78, 5) is 0. The number of aliphatic hydroxyl groups excluding tert-OH is 1. The van der Waals surface area contributed by atoms with Crippen molar-refractivity contribution >= 4 is 11.6 Å². The molecule has 2 atom stereocenters. The van der Waals surface area contributed by atoms with Crippen molar-refractivity contribution in [2.75, 3.05) is 6.54 Å². The van der Waals surface area contributed by atoms with Crippen LogP contribution in [0.5, 0.6) is 0 Å². The van der Waals surface area contributed by atoms with Crippen LogP contribution in [0, 0.1) is 0 Å². The van der Waals surface area contributed by atoms with Crippen molar-refractivity contribution in [1.29, 1.82) is 0 Å². The molecule has 0 aliphatic rings. The number of hydrogen-bond donors (Lipinski definition) is 2. The molecule has 2 unspecified atom stereocenters. The summed E-state index contributed by atoms with van der Waals surface area (Å²) >= 11 is 5.99. The molecule has 1 aromatic carbocycles. The highest BCUT2D eigenvalue weighted by atomic mass is 35.5. The Labute approximate surface area is 109 Å². The van der Waals surface area contributed by atoms with Crippen LogP contribution < -0.4 is 5.32 Å². The fourth-order valence-corrected chi connectivity index (χ4v) is 2.05. The third-order valence-corrected chi connectivity index (χ3v) is 3.23. The van der Waals surface area contributed by atoms with Crippen molar-refractivity contribution in [1.82, 2.24) is 5.32 Å². The van der Waals surface area contributed by atoms with Gasteiger partial charge in [-0.05, 0) is 43.5 Å². The molecule has 1 rings (SSSR count). The zero-order valence-electron chi connectivity index (χ0n) is 10.6. The van der Waals surface area contributed by atoms with Gasteiger partial charge in [0, 0.05) is 11.1 Å². The molecule has 96 valence electrons. The summed E-state index contributed by atoms with van der Waals surface area (Å²) in [5, 5.41) is 13.7. The van der Waals surface area contributed by atoms with Crippen LogP contribution in [0.2, 0.25) is 5.02 Å². The average molecular weight is 256 g/mol. The number of rotatable bonds is 7. The second-order valence-corrected chi connectivity index (χ2v) is 4.76. The summed E-state index contributed by atoms with van der Waals surface area (Å²) in [7, 11) is 0. The Morgan fingerprint density at radius 1 is 1.29 bits per heavy atom. The summed E-state index contributed by atoms with van der Waals surface area (Å²) in [6.07, 6.45) is 2.44. The largest absolute Gasteiger partial charge is 0.393 e. The topological polar surface area (TPSA) is 32.3 Å². The van der Waals surface area contributed by atoms with E-state index in [0.717, 1.165) is 30.8 Å². The van der Waals surface area contributed by atoms with Gasteiger partial charge in [0.1, 0.15) is 0 Å². The molecule has 1 aromatic rings. The van der Waals surface area contributed by atoms with Gasteiger partial charge in [-0.3, -0.25) is 0 Å². The van der Waals surface area contributed by atoms with Crippen molar-refractivity contribution in [2.24, 2.45) is 0 Å². The van der Waals surface area contributed by atoms with E-state index in [2.05, 4.69) is 18.3 Å². The third-order valence-electron chi connectivity index (χ3n) is 3.00. The monoisotopic (exact) mass is 255 g/mol. The SMILES string of the molecule is CCC(O)CCNC(CC)c1cccc(Cl)c1. The molecular formula is C14H22ClNO. The molecular weight excluding hydrogens is 234 g/mol. The van der Waals surface area contributed by atoms with Gasteiger partial charge in [0.05, 0.1) is 6.10 Å². The second-order valence-electron chi connectivity index (χ2n) is 4.32. The number of halogens is 1. The Kier molecular flexibility index (Phi) is 6.56. The van der Waals surface area contributed by atoms with Crippen LogP contribution in [0.25, 0.3) is 0 Å². The minimum atomic E-state index is -0.195. The lowest BCUT2D eigenvalue weighted by molar-refractivity contribution is 0.158. The van der Waals surface area contributed by atoms with Crippen LogP contribution in [-0.2, 0) is 0 Å². The maximum Gasteiger partial charge on any atom is 0.0549 e. The molecule has 0 aliphatic heterocycles. The Bertz CT molecular complexity index is 330. The van der Waals surface area contributed by atoms with Crippen molar-refractivity contribution in [2.45, 2.75) is 45.3 Å². The Hall–Kier alpha value is -0.570. The number of aliphatic hydroxyl groups is 1. The van der Waals surface area contributed by atoms with Gasteiger partial charge in [-0.2, -0.15) is 0 Å². The molecule has 0 fully saturated rings. The van der Waals surface area contributed by atoms with Crippen LogP contribution in [0.1, 0.15) is 44.7 Å². The predicted octanol–water partition coefficient (Wildman–Crippen LogP) is 3.54. The van der Waals surface area contributed by atoms with Crippen LogP contribution in [0.3, 0.4) is 0 Å². The van der Waals surface area contributed by atoms with Gasteiger partial charge in [0.2, 0.25) is 0 Å². The molecule has 0 saturated carbocycles. The van der Waals surface area contributed by atoms with Crippen molar-refractivity contribution in [3.05, 3.63) is 34.9 Å². The van der Waals surface area contributed by atoms with E-state index in [9.17, 15) is 5.11 Å². The first-order valence-electron chi connectivity index (χ1n) is 6.34. The molecule has 17 heavy (non-hydrogen) atoms. The predicted molar refractivity (Wildman–Crippen MR) is 73.4 cm³/mol. The fourth-order valence-electron chi connectivity index (χ4n) is 1.85. The van der Waals surface area contributed by atoms with E-state index in [0.29, 0.717) is 6.04 Å². The third kappa shape index (κ3) is 5.07. The van der Waals surface area contributed by atoms with E-state index < -0.39 is 0 Å². The number of nitrogens with one attached hydrogen (secondary N) is 1. The lowest BCUT2D eigenvalue weighted by Gasteiger charge is -2.18. The van der Waals surface area contributed by atoms with Crippen molar-refractivity contribution in [3.63, 3.8) is 0 Å². The zero-order valence-corrected chi connectivity index (χ0v) is 11.4. The van der Waals surface area contributed by atoms with Crippen LogP contribution >= 0.6 is 11.6 Å². The van der Waals surface area contributed by atoms with Crippen molar-refractivity contribution in [3.8, 4) is 0 Å². The fraction of sp³-hybridized carbons (Fsp3) is 0.571. The van der Waals surface area contributed by atoms with E-state index in [1.54, 1.807) is 0 Å². The maximum absolute atomic E-state index is 9.50. The van der Waals surface area contributed by atoms with Gasteiger partial charge < -0.3 is 10.4 Å². The summed E-state index contributed by atoms with van der Waals surface area (Å²) < 4.78 is 0. The molecule has 0 aliphatic carbocycles. The Morgan fingerprint density at radius 3 is 2.65 bits per heavy atom. The first-order chi connectivity index (χ1) is 8.17. The molecule has 0 amide bonds. The van der Waals surface area contributed by atoms with Crippen LogP contribution in [-0.4, -0.2) is 17.8 Å². The van der Waals surface area contributed by atoms with Gasteiger partial charge in [-0.25, -0.2) is 0 Å². The molecule has 0 radical (unpaired) electrons. The van der Waals surface area contributed by atoms with Crippen molar-refractivity contribution < 1.29 is 5.11 Å². The number of benzene rings is 1. The van der Waals surface area contributed by atoms with E-state index in [4.69, 9.17) is 11.6 Å². The zero-order chi connectivity index (χ0) is 12.7. The molecule has 0 bridgehead atoms. The van der Waals surface area contributed by atoms with E-state index >= 15 is 0 Å². The van der Waals surface area contributed by atoms with Gasteiger partial charge in [0.25, 0.3) is 0 Å². The summed E-state index contributed by atoms with van der Waals surface area (Å²) in [5.41, 5.74) is 1.21. The highest BCUT2D eigenvalue weighted by molar-refractivity contribution is 6.30. The lowest BCUT2D eigenvalue weighted by Crippen LogP contribution is -2.24. The molecule has 0 saturated heterocycles. The van der Waals surface area contributed by atoms with E-state index in [-0.39, 0.29) is 6.10 Å². The molecule has 0 spiro atoms. The highest BCUT2D eigenvalue weighted by Crippen LogP contribution is 2.20. The summed E-state index contributed by atoms with van der Waals surface area (Å²) in [6, 6.07) is 8.27. The molecule has 0 aromatic heterocycles. The van der Waals surface area contributed by atoms with Gasteiger partial charge in [-0.15, -0.1) is 0 Å². The first kappa shape index (κ1) is 14.5. The highest BCUT2D eigenvalue weighted by Gasteiger charge is 2.09. The Morgan fingerprint density at radius 2 is 2.06 bits per heavy atom. The molecule has 2 nitrogen and oxygen atoms in total. The maximum atomic E-state index is 9.50. The molecule has 2 N–H and O–H groups in total. The smallest absolute Gasteiger partial charge is 0.0549 e.